The molecule has 0 radical (unpaired) electrons. The van der Waals surface area contributed by atoms with Gasteiger partial charge in [0.1, 0.15) is 5.82 Å². The van der Waals surface area contributed by atoms with Crippen molar-refractivity contribution in [2.24, 2.45) is 5.92 Å². The highest BCUT2D eigenvalue weighted by molar-refractivity contribution is 5.78. The van der Waals surface area contributed by atoms with E-state index in [9.17, 15) is 9.18 Å². The maximum Gasteiger partial charge on any atom is 0.224 e. The summed E-state index contributed by atoms with van der Waals surface area (Å²) in [6.07, 6.45) is 6.80. The van der Waals surface area contributed by atoms with Crippen molar-refractivity contribution in [3.05, 3.63) is 59.9 Å². The fraction of sp³-hybridized carbons (Fsp3) is 0.381. The van der Waals surface area contributed by atoms with Crippen LogP contribution in [0.15, 0.2) is 48.5 Å². The van der Waals surface area contributed by atoms with Gasteiger partial charge in [0.25, 0.3) is 0 Å². The Bertz CT molecular complexity index is 674. The number of hydrogen-bond acceptors (Lipinski definition) is 1. The molecule has 2 aromatic carbocycles. The van der Waals surface area contributed by atoms with Crippen LogP contribution in [0.1, 0.15) is 37.7 Å². The molecule has 1 aliphatic rings. The van der Waals surface area contributed by atoms with Crippen molar-refractivity contribution >= 4 is 5.91 Å². The molecule has 1 aliphatic carbocycles. The Hall–Kier alpha value is -2.16. The largest absolute Gasteiger partial charge is 0.356 e. The van der Waals surface area contributed by atoms with Crippen LogP contribution in [-0.2, 0) is 11.2 Å². The lowest BCUT2D eigenvalue weighted by Crippen LogP contribution is -2.31. The Kier molecular flexibility index (Phi) is 5.63. The molecule has 1 saturated carbocycles. The molecule has 0 aromatic heterocycles. The fourth-order valence-electron chi connectivity index (χ4n) is 3.38. The molecule has 0 spiro atoms. The van der Waals surface area contributed by atoms with Gasteiger partial charge in [-0.25, -0.2) is 4.39 Å². The summed E-state index contributed by atoms with van der Waals surface area (Å²) in [6.45, 7) is 0.806. The van der Waals surface area contributed by atoms with E-state index in [4.69, 9.17) is 0 Å². The number of carbonyl (C=O) groups is 1. The molecule has 2 aromatic rings. The summed E-state index contributed by atoms with van der Waals surface area (Å²) < 4.78 is 13.3. The predicted molar refractivity (Wildman–Crippen MR) is 95.1 cm³/mol. The third-order valence-corrected chi connectivity index (χ3v) is 4.79. The highest BCUT2D eigenvalue weighted by Gasteiger charge is 2.14. The lowest BCUT2D eigenvalue weighted by Gasteiger charge is -2.21. The number of nitrogens with one attached hydrogen (secondary N) is 1. The van der Waals surface area contributed by atoms with E-state index in [2.05, 4.69) is 5.32 Å². The monoisotopic (exact) mass is 325 g/mol. The maximum atomic E-state index is 13.3. The molecular formula is C21H24FNO. The number of hydrogen-bond donors (Lipinski definition) is 1. The van der Waals surface area contributed by atoms with E-state index < -0.39 is 0 Å². The molecule has 3 rings (SSSR count). The Morgan fingerprint density at radius 3 is 2.46 bits per heavy atom. The fourth-order valence-corrected chi connectivity index (χ4v) is 3.38. The van der Waals surface area contributed by atoms with Crippen LogP contribution >= 0.6 is 0 Å². The highest BCUT2D eigenvalue weighted by atomic mass is 19.1. The van der Waals surface area contributed by atoms with Gasteiger partial charge in [-0.1, -0.05) is 55.7 Å². The highest BCUT2D eigenvalue weighted by Crippen LogP contribution is 2.23. The number of carbonyl (C=O) groups excluding carboxylic acids is 1. The summed E-state index contributed by atoms with van der Waals surface area (Å²) in [4.78, 5) is 12.1. The zero-order chi connectivity index (χ0) is 16.8. The lowest BCUT2D eigenvalue weighted by atomic mass is 9.89. The summed E-state index contributed by atoms with van der Waals surface area (Å²) >= 11 is 0. The van der Waals surface area contributed by atoms with Crippen LogP contribution in [0.25, 0.3) is 11.1 Å². The summed E-state index contributed by atoms with van der Waals surface area (Å²) in [7, 11) is 0. The van der Waals surface area contributed by atoms with E-state index in [1.54, 1.807) is 6.07 Å². The smallest absolute Gasteiger partial charge is 0.224 e. The number of rotatable bonds is 5. The first-order chi connectivity index (χ1) is 11.7. The van der Waals surface area contributed by atoms with Gasteiger partial charge in [0.15, 0.2) is 0 Å². The van der Waals surface area contributed by atoms with Crippen molar-refractivity contribution in [1.82, 2.24) is 5.32 Å². The number of amides is 1. The average Bonchev–Trinajstić information content (AvgIpc) is 2.61. The van der Waals surface area contributed by atoms with Gasteiger partial charge < -0.3 is 5.32 Å². The van der Waals surface area contributed by atoms with Crippen molar-refractivity contribution in [3.63, 3.8) is 0 Å². The van der Waals surface area contributed by atoms with Crippen molar-refractivity contribution in [3.8, 4) is 11.1 Å². The zero-order valence-electron chi connectivity index (χ0n) is 13.9. The topological polar surface area (TPSA) is 29.1 Å². The third-order valence-electron chi connectivity index (χ3n) is 4.79. The number of halogens is 1. The van der Waals surface area contributed by atoms with Gasteiger partial charge >= 0.3 is 0 Å². The molecule has 0 unspecified atom stereocenters. The van der Waals surface area contributed by atoms with E-state index in [1.807, 2.05) is 30.3 Å². The summed E-state index contributed by atoms with van der Waals surface area (Å²) in [5.74, 6) is 0.496. The summed E-state index contributed by atoms with van der Waals surface area (Å²) in [6, 6.07) is 14.3. The minimum Gasteiger partial charge on any atom is -0.356 e. The molecule has 2 nitrogen and oxygen atoms in total. The minimum atomic E-state index is -0.237. The normalized spacial score (nSPS) is 15.2. The molecule has 0 bridgehead atoms. The first-order valence-corrected chi connectivity index (χ1v) is 8.82. The van der Waals surface area contributed by atoms with Crippen LogP contribution in [-0.4, -0.2) is 12.5 Å². The zero-order valence-corrected chi connectivity index (χ0v) is 13.9. The second-order valence-electron chi connectivity index (χ2n) is 6.69. The van der Waals surface area contributed by atoms with E-state index in [-0.39, 0.29) is 11.7 Å². The van der Waals surface area contributed by atoms with Crippen LogP contribution < -0.4 is 5.32 Å². The van der Waals surface area contributed by atoms with E-state index >= 15 is 0 Å². The molecule has 0 aliphatic heterocycles. The first kappa shape index (κ1) is 16.7. The van der Waals surface area contributed by atoms with Crippen LogP contribution in [0.3, 0.4) is 0 Å². The average molecular weight is 325 g/mol. The lowest BCUT2D eigenvalue weighted by molar-refractivity contribution is -0.120. The molecule has 126 valence electrons. The number of benzene rings is 2. The van der Waals surface area contributed by atoms with Gasteiger partial charge in [0, 0.05) is 6.54 Å². The molecule has 3 heteroatoms. The van der Waals surface area contributed by atoms with Gasteiger partial charge in [0.05, 0.1) is 6.42 Å². The van der Waals surface area contributed by atoms with Crippen LogP contribution in [0.4, 0.5) is 4.39 Å². The van der Waals surface area contributed by atoms with Crippen molar-refractivity contribution in [2.75, 3.05) is 6.54 Å². The van der Waals surface area contributed by atoms with E-state index in [0.717, 1.165) is 23.2 Å². The molecule has 1 fully saturated rings. The Labute approximate surface area is 143 Å². The van der Waals surface area contributed by atoms with Crippen LogP contribution in [0, 0.1) is 11.7 Å². The Morgan fingerprint density at radius 1 is 1.00 bits per heavy atom. The molecule has 0 saturated heterocycles. The molecule has 1 N–H and O–H groups in total. The van der Waals surface area contributed by atoms with Crippen molar-refractivity contribution in [2.45, 2.75) is 38.5 Å². The molecule has 0 heterocycles. The van der Waals surface area contributed by atoms with Gasteiger partial charge in [-0.15, -0.1) is 0 Å². The van der Waals surface area contributed by atoms with Crippen LogP contribution in [0.5, 0.6) is 0 Å². The van der Waals surface area contributed by atoms with E-state index in [0.29, 0.717) is 12.3 Å². The first-order valence-electron chi connectivity index (χ1n) is 8.82. The minimum absolute atomic E-state index is 0.0825. The van der Waals surface area contributed by atoms with Gasteiger partial charge in [0.2, 0.25) is 5.91 Å². The summed E-state index contributed by atoms with van der Waals surface area (Å²) in [5.41, 5.74) is 2.79. The molecule has 1 amide bonds. The Balaban J connectivity index is 1.52. The molecule has 0 atom stereocenters. The van der Waals surface area contributed by atoms with Gasteiger partial charge in [-0.3, -0.25) is 4.79 Å². The van der Waals surface area contributed by atoms with Crippen LogP contribution in [0.2, 0.25) is 0 Å². The van der Waals surface area contributed by atoms with Gasteiger partial charge in [-0.05, 0) is 47.6 Å². The Morgan fingerprint density at radius 2 is 1.75 bits per heavy atom. The van der Waals surface area contributed by atoms with Gasteiger partial charge in [-0.2, -0.15) is 0 Å². The standard InChI is InChI=1S/C21H24FNO/c22-20-8-4-7-19(14-20)18-11-9-16(10-12-18)13-21(24)23-15-17-5-2-1-3-6-17/h4,7-12,14,17H,1-3,5-6,13,15H2,(H,23,24). The third kappa shape index (κ3) is 4.67. The molecular weight excluding hydrogens is 301 g/mol. The second kappa shape index (κ2) is 8.09. The quantitative estimate of drug-likeness (QED) is 0.846. The van der Waals surface area contributed by atoms with Crippen molar-refractivity contribution < 1.29 is 9.18 Å². The molecule has 24 heavy (non-hydrogen) atoms. The predicted octanol–water partition coefficient (Wildman–Crippen LogP) is 4.73. The SMILES string of the molecule is O=C(Cc1ccc(-c2cccc(F)c2)cc1)NCC1CCCCC1. The maximum absolute atomic E-state index is 13.3. The summed E-state index contributed by atoms with van der Waals surface area (Å²) in [5, 5.41) is 3.07. The van der Waals surface area contributed by atoms with E-state index in [1.165, 1.54) is 44.2 Å². The second-order valence-corrected chi connectivity index (χ2v) is 6.69. The van der Waals surface area contributed by atoms with Crippen molar-refractivity contribution in [1.29, 1.82) is 0 Å².